The largest absolute Gasteiger partial charge is 0.493 e. The van der Waals surface area contributed by atoms with Crippen molar-refractivity contribution in [2.75, 3.05) is 27.9 Å². The minimum atomic E-state index is -0.733. The zero-order valence-electron chi connectivity index (χ0n) is 24.0. The number of esters is 2. The normalized spacial score (nSPS) is 10.6. The molecule has 0 bridgehead atoms. The monoisotopic (exact) mass is 559 g/mol. The molecule has 0 N–H and O–H groups in total. The van der Waals surface area contributed by atoms with Crippen molar-refractivity contribution >= 4 is 17.6 Å². The Morgan fingerprint density at radius 1 is 0.750 bits per heavy atom. The predicted molar refractivity (Wildman–Crippen MR) is 150 cm³/mol. The minimum Gasteiger partial charge on any atom is -0.493 e. The average Bonchev–Trinajstić information content (AvgIpc) is 2.97. The SMILES string of the molecule is CCCCCCCCCCCCOc1cc([N+](=O)[O-])c(COc2ccc(C(=O)OC)cc2C(=O)OC)cc1OC. The molecule has 0 fully saturated rings. The summed E-state index contributed by atoms with van der Waals surface area (Å²) in [7, 11) is 3.88. The molecule has 0 saturated carbocycles. The first-order valence-electron chi connectivity index (χ1n) is 13.8. The molecule has 220 valence electrons. The molecule has 0 aliphatic carbocycles. The maximum atomic E-state index is 12.3. The highest BCUT2D eigenvalue weighted by molar-refractivity contribution is 5.97. The van der Waals surface area contributed by atoms with Crippen molar-refractivity contribution in [3.8, 4) is 17.2 Å². The van der Waals surface area contributed by atoms with Gasteiger partial charge in [-0.2, -0.15) is 0 Å². The van der Waals surface area contributed by atoms with Gasteiger partial charge in [0, 0.05) is 0 Å². The van der Waals surface area contributed by atoms with E-state index in [1.165, 1.54) is 96.6 Å². The number of carbonyl (C=O) groups is 2. The number of methoxy groups -OCH3 is 3. The number of nitrogens with zero attached hydrogens (tertiary/aromatic N) is 1. The van der Waals surface area contributed by atoms with Gasteiger partial charge in [0.05, 0.1) is 50.1 Å². The van der Waals surface area contributed by atoms with Crippen LogP contribution in [0.25, 0.3) is 0 Å². The molecule has 2 rings (SSSR count). The van der Waals surface area contributed by atoms with E-state index in [2.05, 4.69) is 6.92 Å². The molecule has 0 aromatic heterocycles. The number of hydrogen-bond donors (Lipinski definition) is 0. The summed E-state index contributed by atoms with van der Waals surface area (Å²) in [4.78, 5) is 35.5. The van der Waals surface area contributed by atoms with Crippen LogP contribution in [0.4, 0.5) is 5.69 Å². The number of carbonyl (C=O) groups excluding carboxylic acids is 2. The fourth-order valence-electron chi connectivity index (χ4n) is 4.25. The topological polar surface area (TPSA) is 123 Å². The average molecular weight is 560 g/mol. The summed E-state index contributed by atoms with van der Waals surface area (Å²) in [6.45, 7) is 2.40. The molecule has 0 aliphatic heterocycles. The van der Waals surface area contributed by atoms with E-state index in [0.29, 0.717) is 12.4 Å². The summed E-state index contributed by atoms with van der Waals surface area (Å²) in [5.41, 5.74) is 0.133. The van der Waals surface area contributed by atoms with Gasteiger partial charge < -0.3 is 23.7 Å². The lowest BCUT2D eigenvalue weighted by Gasteiger charge is -2.15. The Bertz CT molecular complexity index is 1120. The van der Waals surface area contributed by atoms with E-state index in [0.717, 1.165) is 19.3 Å². The van der Waals surface area contributed by atoms with Crippen molar-refractivity contribution in [2.45, 2.75) is 77.7 Å². The molecular formula is C30H41NO9. The third-order valence-electron chi connectivity index (χ3n) is 6.51. The number of ether oxygens (including phenoxy) is 5. The first-order chi connectivity index (χ1) is 19.4. The van der Waals surface area contributed by atoms with Crippen LogP contribution in [0, 0.1) is 10.1 Å². The number of unbranched alkanes of at least 4 members (excludes halogenated alkanes) is 9. The van der Waals surface area contributed by atoms with Crippen molar-refractivity contribution in [3.63, 3.8) is 0 Å². The molecule has 0 radical (unpaired) electrons. The maximum Gasteiger partial charge on any atom is 0.341 e. The second-order valence-corrected chi connectivity index (χ2v) is 9.40. The third kappa shape index (κ3) is 10.1. The second-order valence-electron chi connectivity index (χ2n) is 9.40. The van der Waals surface area contributed by atoms with Crippen LogP contribution >= 0.6 is 0 Å². The van der Waals surface area contributed by atoms with Gasteiger partial charge in [-0.15, -0.1) is 0 Å². The number of benzene rings is 2. The van der Waals surface area contributed by atoms with Crippen molar-refractivity contribution < 1.29 is 38.2 Å². The molecule has 0 heterocycles. The van der Waals surface area contributed by atoms with Gasteiger partial charge in [0.15, 0.2) is 11.5 Å². The first-order valence-corrected chi connectivity index (χ1v) is 13.8. The zero-order chi connectivity index (χ0) is 29.3. The fourth-order valence-corrected chi connectivity index (χ4v) is 4.25. The van der Waals surface area contributed by atoms with Gasteiger partial charge in [0.2, 0.25) is 0 Å². The Morgan fingerprint density at radius 3 is 1.95 bits per heavy atom. The van der Waals surface area contributed by atoms with Gasteiger partial charge in [-0.05, 0) is 30.7 Å². The quantitative estimate of drug-likeness (QED) is 0.0770. The van der Waals surface area contributed by atoms with E-state index < -0.39 is 16.9 Å². The van der Waals surface area contributed by atoms with E-state index in [4.69, 9.17) is 23.7 Å². The Labute approximate surface area is 236 Å². The zero-order valence-corrected chi connectivity index (χ0v) is 24.0. The van der Waals surface area contributed by atoms with E-state index in [9.17, 15) is 19.7 Å². The van der Waals surface area contributed by atoms with Crippen LogP contribution in [-0.4, -0.2) is 44.8 Å². The van der Waals surface area contributed by atoms with Gasteiger partial charge >= 0.3 is 11.9 Å². The van der Waals surface area contributed by atoms with E-state index in [1.54, 1.807) is 0 Å². The summed E-state index contributed by atoms with van der Waals surface area (Å²) in [6, 6.07) is 6.94. The fraction of sp³-hybridized carbons (Fsp3) is 0.533. The highest BCUT2D eigenvalue weighted by atomic mass is 16.6. The molecule has 10 heteroatoms. The van der Waals surface area contributed by atoms with Crippen LogP contribution < -0.4 is 14.2 Å². The molecule has 0 amide bonds. The van der Waals surface area contributed by atoms with Crippen molar-refractivity contribution in [1.29, 1.82) is 0 Å². The number of nitro benzene ring substituents is 1. The molecule has 0 saturated heterocycles. The number of hydrogen-bond acceptors (Lipinski definition) is 9. The van der Waals surface area contributed by atoms with Gasteiger partial charge in [-0.25, -0.2) is 9.59 Å². The van der Waals surface area contributed by atoms with Crippen LogP contribution in [0.2, 0.25) is 0 Å². The minimum absolute atomic E-state index is 0.0172. The first kappa shape index (κ1) is 32.4. The van der Waals surface area contributed by atoms with E-state index in [1.807, 2.05) is 0 Å². The lowest BCUT2D eigenvalue weighted by molar-refractivity contribution is -0.385. The molecule has 2 aromatic rings. The Kier molecular flexibility index (Phi) is 14.3. The molecule has 0 atom stereocenters. The molecule has 0 spiro atoms. The lowest BCUT2D eigenvalue weighted by atomic mass is 10.1. The third-order valence-corrected chi connectivity index (χ3v) is 6.51. The highest BCUT2D eigenvalue weighted by Gasteiger charge is 2.22. The van der Waals surface area contributed by atoms with Crippen LogP contribution in [0.1, 0.15) is 97.4 Å². The van der Waals surface area contributed by atoms with Crippen LogP contribution in [0.5, 0.6) is 17.2 Å². The van der Waals surface area contributed by atoms with Crippen LogP contribution in [-0.2, 0) is 16.1 Å². The maximum absolute atomic E-state index is 12.3. The van der Waals surface area contributed by atoms with Crippen molar-refractivity contribution in [2.24, 2.45) is 0 Å². The summed E-state index contributed by atoms with van der Waals surface area (Å²) in [6.07, 6.45) is 12.0. The van der Waals surface area contributed by atoms with Crippen LogP contribution in [0.3, 0.4) is 0 Å². The van der Waals surface area contributed by atoms with Gasteiger partial charge in [0.25, 0.3) is 5.69 Å². The molecule has 10 nitrogen and oxygen atoms in total. The standard InChI is InChI=1S/C30H41NO9/c1-5-6-7-8-9-10-11-12-13-14-17-39-28-20-25(31(34)35)23(19-27(28)36-2)21-40-26-16-15-22(29(32)37-3)18-24(26)30(33)38-4/h15-16,18-20H,5-14,17,21H2,1-4H3. The van der Waals surface area contributed by atoms with Gasteiger partial charge in [-0.1, -0.05) is 64.7 Å². The highest BCUT2D eigenvalue weighted by Crippen LogP contribution is 2.36. The Balaban J connectivity index is 2.02. The van der Waals surface area contributed by atoms with E-state index >= 15 is 0 Å². The smallest absolute Gasteiger partial charge is 0.341 e. The summed E-state index contributed by atoms with van der Waals surface area (Å²) in [5.74, 6) is -0.653. The molecule has 40 heavy (non-hydrogen) atoms. The van der Waals surface area contributed by atoms with E-state index in [-0.39, 0.29) is 40.5 Å². The summed E-state index contributed by atoms with van der Waals surface area (Å²) in [5, 5.41) is 11.8. The number of rotatable bonds is 19. The van der Waals surface area contributed by atoms with Gasteiger partial charge in [-0.3, -0.25) is 10.1 Å². The predicted octanol–water partition coefficient (Wildman–Crippen LogP) is 7.06. The summed E-state index contributed by atoms with van der Waals surface area (Å²) < 4.78 is 26.5. The Morgan fingerprint density at radius 2 is 1.38 bits per heavy atom. The second kappa shape index (κ2) is 17.7. The molecular weight excluding hydrogens is 518 g/mol. The molecule has 0 unspecified atom stereocenters. The molecule has 0 aliphatic rings. The summed E-state index contributed by atoms with van der Waals surface area (Å²) >= 11 is 0. The number of nitro groups is 1. The Hall–Kier alpha value is -3.82. The van der Waals surface area contributed by atoms with Crippen molar-refractivity contribution in [1.82, 2.24) is 0 Å². The van der Waals surface area contributed by atoms with Crippen molar-refractivity contribution in [3.05, 3.63) is 57.1 Å². The van der Waals surface area contributed by atoms with Gasteiger partial charge in [0.1, 0.15) is 17.9 Å². The van der Waals surface area contributed by atoms with Crippen LogP contribution in [0.15, 0.2) is 30.3 Å². The molecule has 2 aromatic carbocycles. The lowest BCUT2D eigenvalue weighted by Crippen LogP contribution is -2.10.